The second-order valence-electron chi connectivity index (χ2n) is 4.99. The lowest BCUT2D eigenvalue weighted by atomic mass is 10.2. The van der Waals surface area contributed by atoms with E-state index in [-0.39, 0.29) is 0 Å². The van der Waals surface area contributed by atoms with Gasteiger partial charge in [-0.1, -0.05) is 43.6 Å². The van der Waals surface area contributed by atoms with E-state index in [0.717, 1.165) is 22.9 Å². The lowest BCUT2D eigenvalue weighted by Crippen LogP contribution is -2.11. The van der Waals surface area contributed by atoms with Crippen LogP contribution in [0.2, 0.25) is 5.02 Å². The zero-order valence-corrected chi connectivity index (χ0v) is 12.5. The summed E-state index contributed by atoms with van der Waals surface area (Å²) in [7, 11) is 0. The van der Waals surface area contributed by atoms with Crippen molar-refractivity contribution in [1.82, 2.24) is 9.97 Å². The van der Waals surface area contributed by atoms with E-state index in [4.69, 9.17) is 11.6 Å². The van der Waals surface area contributed by atoms with Crippen LogP contribution in [0.5, 0.6) is 0 Å². The molecule has 0 saturated heterocycles. The van der Waals surface area contributed by atoms with E-state index >= 15 is 0 Å². The number of nitrogens with one attached hydrogen (secondary N) is 2. The number of aromatic nitrogens is 2. The first-order valence-electron chi connectivity index (χ1n) is 6.69. The Morgan fingerprint density at radius 3 is 2.70 bits per heavy atom. The van der Waals surface area contributed by atoms with Crippen molar-refractivity contribution in [3.8, 4) is 0 Å². The van der Waals surface area contributed by atoms with Crippen molar-refractivity contribution in [3.63, 3.8) is 0 Å². The first kappa shape index (κ1) is 14.6. The summed E-state index contributed by atoms with van der Waals surface area (Å²) in [4.78, 5) is 8.62. The minimum absolute atomic E-state index is 0.574. The van der Waals surface area contributed by atoms with Gasteiger partial charge in [-0.05, 0) is 23.6 Å². The second-order valence-corrected chi connectivity index (χ2v) is 5.39. The monoisotopic (exact) mass is 290 g/mol. The van der Waals surface area contributed by atoms with Gasteiger partial charge in [0, 0.05) is 24.3 Å². The van der Waals surface area contributed by atoms with Gasteiger partial charge in [0.05, 0.1) is 0 Å². The number of rotatable bonds is 6. The van der Waals surface area contributed by atoms with Crippen molar-refractivity contribution in [1.29, 1.82) is 0 Å². The standard InChI is InChI=1S/C15H19ClN4/c1-11(2)9-18-14-7-8-17-15(20-14)19-10-12-5-3-4-6-13(12)16/h3-8,11H,9-10H2,1-2H3,(H2,17,18,19,20). The summed E-state index contributed by atoms with van der Waals surface area (Å²) in [5, 5.41) is 7.20. The van der Waals surface area contributed by atoms with Gasteiger partial charge in [0.25, 0.3) is 0 Å². The molecule has 0 aliphatic rings. The molecular formula is C15H19ClN4. The Morgan fingerprint density at radius 2 is 1.95 bits per heavy atom. The molecule has 0 aliphatic carbocycles. The van der Waals surface area contributed by atoms with E-state index in [0.29, 0.717) is 18.4 Å². The quantitative estimate of drug-likeness (QED) is 0.849. The first-order chi connectivity index (χ1) is 9.65. The number of hydrogen-bond acceptors (Lipinski definition) is 4. The third-order valence-corrected chi connectivity index (χ3v) is 3.11. The molecule has 0 aliphatic heterocycles. The van der Waals surface area contributed by atoms with Gasteiger partial charge in [0.15, 0.2) is 0 Å². The minimum atomic E-state index is 0.574. The van der Waals surface area contributed by atoms with E-state index < -0.39 is 0 Å². The van der Waals surface area contributed by atoms with Gasteiger partial charge in [-0.15, -0.1) is 0 Å². The van der Waals surface area contributed by atoms with Gasteiger partial charge < -0.3 is 10.6 Å². The van der Waals surface area contributed by atoms with Crippen LogP contribution in [0.1, 0.15) is 19.4 Å². The van der Waals surface area contributed by atoms with Gasteiger partial charge in [0.2, 0.25) is 5.95 Å². The zero-order valence-electron chi connectivity index (χ0n) is 11.7. The summed E-state index contributed by atoms with van der Waals surface area (Å²) >= 11 is 6.11. The summed E-state index contributed by atoms with van der Waals surface area (Å²) in [6.45, 7) is 5.81. The molecule has 2 N–H and O–H groups in total. The highest BCUT2D eigenvalue weighted by Gasteiger charge is 2.02. The highest BCUT2D eigenvalue weighted by Crippen LogP contribution is 2.16. The van der Waals surface area contributed by atoms with Crippen LogP contribution in [0.3, 0.4) is 0 Å². The molecule has 0 saturated carbocycles. The molecule has 2 aromatic rings. The van der Waals surface area contributed by atoms with Crippen LogP contribution in [-0.4, -0.2) is 16.5 Å². The van der Waals surface area contributed by atoms with Crippen molar-refractivity contribution in [2.45, 2.75) is 20.4 Å². The van der Waals surface area contributed by atoms with Crippen molar-refractivity contribution >= 4 is 23.4 Å². The SMILES string of the molecule is CC(C)CNc1ccnc(NCc2ccccc2Cl)n1. The minimum Gasteiger partial charge on any atom is -0.370 e. The van der Waals surface area contributed by atoms with Crippen LogP contribution in [0.4, 0.5) is 11.8 Å². The molecule has 0 atom stereocenters. The third-order valence-electron chi connectivity index (χ3n) is 2.74. The third kappa shape index (κ3) is 4.38. The molecule has 2 rings (SSSR count). The maximum absolute atomic E-state index is 6.11. The molecule has 0 radical (unpaired) electrons. The van der Waals surface area contributed by atoms with Crippen LogP contribution in [-0.2, 0) is 6.54 Å². The molecule has 0 amide bonds. The largest absolute Gasteiger partial charge is 0.370 e. The Balaban J connectivity index is 1.96. The van der Waals surface area contributed by atoms with Crippen LogP contribution in [0.25, 0.3) is 0 Å². The number of anilines is 2. The Kier molecular flexibility index (Phi) is 5.18. The molecule has 0 bridgehead atoms. The topological polar surface area (TPSA) is 49.8 Å². The number of benzene rings is 1. The maximum atomic E-state index is 6.11. The Hall–Kier alpha value is -1.81. The van der Waals surface area contributed by atoms with Crippen molar-refractivity contribution in [2.75, 3.05) is 17.2 Å². The maximum Gasteiger partial charge on any atom is 0.224 e. The molecule has 5 heteroatoms. The first-order valence-corrected chi connectivity index (χ1v) is 7.07. The molecule has 106 valence electrons. The molecule has 1 heterocycles. The van der Waals surface area contributed by atoms with Crippen LogP contribution < -0.4 is 10.6 Å². The van der Waals surface area contributed by atoms with Gasteiger partial charge in [0.1, 0.15) is 5.82 Å². The number of halogens is 1. The Bertz CT molecular complexity index is 557. The molecule has 4 nitrogen and oxygen atoms in total. The van der Waals surface area contributed by atoms with E-state index in [1.54, 1.807) is 6.20 Å². The molecule has 1 aromatic carbocycles. The number of hydrogen-bond donors (Lipinski definition) is 2. The predicted molar refractivity (Wildman–Crippen MR) is 84.1 cm³/mol. The molecule has 0 unspecified atom stereocenters. The lowest BCUT2D eigenvalue weighted by molar-refractivity contribution is 0.687. The van der Waals surface area contributed by atoms with E-state index in [1.807, 2.05) is 30.3 Å². The van der Waals surface area contributed by atoms with Gasteiger partial charge in [-0.2, -0.15) is 4.98 Å². The smallest absolute Gasteiger partial charge is 0.224 e. The highest BCUT2D eigenvalue weighted by molar-refractivity contribution is 6.31. The van der Waals surface area contributed by atoms with E-state index in [1.165, 1.54) is 0 Å². The zero-order chi connectivity index (χ0) is 14.4. The predicted octanol–water partition coefficient (Wildman–Crippen LogP) is 3.81. The van der Waals surface area contributed by atoms with Crippen molar-refractivity contribution in [3.05, 3.63) is 47.1 Å². The fourth-order valence-corrected chi connectivity index (χ4v) is 1.87. The van der Waals surface area contributed by atoms with Gasteiger partial charge in [-0.3, -0.25) is 0 Å². The summed E-state index contributed by atoms with van der Waals surface area (Å²) in [5.74, 6) is 2.00. The second kappa shape index (κ2) is 7.10. The molecule has 20 heavy (non-hydrogen) atoms. The fourth-order valence-electron chi connectivity index (χ4n) is 1.67. The molecule has 1 aromatic heterocycles. The van der Waals surface area contributed by atoms with E-state index in [2.05, 4.69) is 34.4 Å². The van der Waals surface area contributed by atoms with Gasteiger partial charge >= 0.3 is 0 Å². The fraction of sp³-hybridized carbons (Fsp3) is 0.333. The van der Waals surface area contributed by atoms with Crippen LogP contribution in [0.15, 0.2) is 36.5 Å². The summed E-state index contributed by atoms with van der Waals surface area (Å²) in [6, 6.07) is 9.60. The average Bonchev–Trinajstić information content (AvgIpc) is 2.45. The normalized spacial score (nSPS) is 10.6. The number of nitrogens with zero attached hydrogens (tertiary/aromatic N) is 2. The molecular weight excluding hydrogens is 272 g/mol. The lowest BCUT2D eigenvalue weighted by Gasteiger charge is -2.10. The summed E-state index contributed by atoms with van der Waals surface area (Å²) in [5.41, 5.74) is 1.03. The average molecular weight is 291 g/mol. The van der Waals surface area contributed by atoms with Crippen LogP contribution in [0, 0.1) is 5.92 Å². The Labute approximate surface area is 124 Å². The van der Waals surface area contributed by atoms with Crippen LogP contribution >= 0.6 is 11.6 Å². The molecule has 0 spiro atoms. The van der Waals surface area contributed by atoms with Crippen molar-refractivity contribution < 1.29 is 0 Å². The summed E-state index contributed by atoms with van der Waals surface area (Å²) in [6.07, 6.45) is 1.74. The Morgan fingerprint density at radius 1 is 1.15 bits per heavy atom. The highest BCUT2D eigenvalue weighted by atomic mass is 35.5. The van der Waals surface area contributed by atoms with Crippen molar-refractivity contribution in [2.24, 2.45) is 5.92 Å². The molecule has 0 fully saturated rings. The van der Waals surface area contributed by atoms with Gasteiger partial charge in [-0.25, -0.2) is 4.98 Å². The van der Waals surface area contributed by atoms with E-state index in [9.17, 15) is 0 Å². The summed E-state index contributed by atoms with van der Waals surface area (Å²) < 4.78 is 0.